The van der Waals surface area contributed by atoms with Crippen molar-refractivity contribution in [3.05, 3.63) is 41.7 Å². The zero-order valence-corrected chi connectivity index (χ0v) is 12.4. The zero-order chi connectivity index (χ0) is 17.4. The molecule has 0 saturated carbocycles. The minimum Gasteiger partial charge on any atom is -0.322 e. The lowest BCUT2D eigenvalue weighted by atomic mass is 9.85. The van der Waals surface area contributed by atoms with Crippen molar-refractivity contribution < 1.29 is 27.6 Å². The molecule has 1 N–H and O–H groups in total. The Kier molecular flexibility index (Phi) is 4.13. The number of rotatable bonds is 3. The van der Waals surface area contributed by atoms with Crippen molar-refractivity contribution in [2.24, 2.45) is 11.8 Å². The predicted octanol–water partition coefficient (Wildman–Crippen LogP) is 1.99. The van der Waals surface area contributed by atoms with Crippen LogP contribution in [0.1, 0.15) is 12.8 Å². The molecule has 1 heterocycles. The van der Waals surface area contributed by atoms with Crippen LogP contribution in [0.3, 0.4) is 0 Å². The second kappa shape index (κ2) is 6.10. The van der Waals surface area contributed by atoms with Crippen LogP contribution >= 0.6 is 0 Å². The standard InChI is InChI=1S/C16H13F3N2O3/c17-10-5-6-11(14(19)13(10)18)20-12(22)7-21-15(23)8-3-1-2-4-9(8)16(21)24/h1-2,5-6,8-9H,3-4,7H2,(H,20,22)/t8-,9-/m0/s1. The molecule has 0 bridgehead atoms. The monoisotopic (exact) mass is 338 g/mol. The average Bonchev–Trinajstić information content (AvgIpc) is 2.81. The third-order valence-corrected chi connectivity index (χ3v) is 4.21. The van der Waals surface area contributed by atoms with E-state index in [-0.39, 0.29) is 0 Å². The van der Waals surface area contributed by atoms with Gasteiger partial charge in [-0.15, -0.1) is 0 Å². The van der Waals surface area contributed by atoms with E-state index in [1.807, 2.05) is 17.5 Å². The molecule has 1 fully saturated rings. The lowest BCUT2D eigenvalue weighted by Gasteiger charge is -2.14. The number of nitrogens with zero attached hydrogens (tertiary/aromatic N) is 1. The highest BCUT2D eigenvalue weighted by molar-refractivity contribution is 6.08. The summed E-state index contributed by atoms with van der Waals surface area (Å²) in [5, 5.41) is 2.05. The summed E-state index contributed by atoms with van der Waals surface area (Å²) in [7, 11) is 0. The van der Waals surface area contributed by atoms with E-state index in [9.17, 15) is 27.6 Å². The number of likely N-dealkylation sites (tertiary alicyclic amines) is 1. The Bertz CT molecular complexity index is 737. The van der Waals surface area contributed by atoms with Crippen LogP contribution in [0.2, 0.25) is 0 Å². The second-order valence-electron chi connectivity index (χ2n) is 5.69. The normalized spacial score (nSPS) is 22.7. The molecule has 1 aromatic carbocycles. The quantitative estimate of drug-likeness (QED) is 0.521. The maximum atomic E-state index is 13.5. The minimum atomic E-state index is -1.71. The largest absolute Gasteiger partial charge is 0.322 e. The van der Waals surface area contributed by atoms with Crippen molar-refractivity contribution in [1.82, 2.24) is 4.90 Å². The highest BCUT2D eigenvalue weighted by atomic mass is 19.2. The highest BCUT2D eigenvalue weighted by Gasteiger charge is 2.47. The lowest BCUT2D eigenvalue weighted by molar-refractivity contribution is -0.142. The molecule has 3 amide bonds. The minimum absolute atomic E-state index is 0.436. The van der Waals surface area contributed by atoms with Gasteiger partial charge in [0.1, 0.15) is 6.54 Å². The number of benzene rings is 1. The molecule has 24 heavy (non-hydrogen) atoms. The number of anilines is 1. The van der Waals surface area contributed by atoms with E-state index < -0.39 is 59.2 Å². The molecule has 1 aliphatic carbocycles. The molecule has 0 unspecified atom stereocenters. The number of hydrogen-bond acceptors (Lipinski definition) is 3. The number of nitrogens with one attached hydrogen (secondary N) is 1. The van der Waals surface area contributed by atoms with Gasteiger partial charge >= 0.3 is 0 Å². The fraction of sp³-hybridized carbons (Fsp3) is 0.312. The maximum Gasteiger partial charge on any atom is 0.244 e. The van der Waals surface area contributed by atoms with Gasteiger partial charge in [-0.2, -0.15) is 0 Å². The first-order chi connectivity index (χ1) is 11.4. The molecule has 0 aromatic heterocycles. The van der Waals surface area contributed by atoms with Gasteiger partial charge in [-0.25, -0.2) is 13.2 Å². The number of fused-ring (bicyclic) bond motifs is 1. The topological polar surface area (TPSA) is 66.5 Å². The van der Waals surface area contributed by atoms with E-state index >= 15 is 0 Å². The fourth-order valence-corrected chi connectivity index (χ4v) is 2.98. The lowest BCUT2D eigenvalue weighted by Crippen LogP contribution is -2.38. The molecule has 1 saturated heterocycles. The summed E-state index contributed by atoms with van der Waals surface area (Å²) in [5.74, 6) is -7.35. The van der Waals surface area contributed by atoms with Crippen molar-refractivity contribution in [2.45, 2.75) is 12.8 Å². The van der Waals surface area contributed by atoms with E-state index in [1.165, 1.54) is 0 Å². The molecule has 5 nitrogen and oxygen atoms in total. The van der Waals surface area contributed by atoms with E-state index in [4.69, 9.17) is 0 Å². The summed E-state index contributed by atoms with van der Waals surface area (Å²) in [6.45, 7) is -0.594. The van der Waals surface area contributed by atoms with Gasteiger partial charge in [-0.05, 0) is 25.0 Å². The SMILES string of the molecule is O=C(CN1C(=O)[C@H]2CC=CC[C@@H]2C1=O)Nc1ccc(F)c(F)c1F. The van der Waals surface area contributed by atoms with Gasteiger partial charge in [0, 0.05) is 0 Å². The number of amides is 3. The first kappa shape index (κ1) is 16.2. The van der Waals surface area contributed by atoms with Gasteiger partial charge < -0.3 is 5.32 Å². The van der Waals surface area contributed by atoms with Crippen LogP contribution in [0.5, 0.6) is 0 Å². The number of allylic oxidation sites excluding steroid dienone is 2. The summed E-state index contributed by atoms with van der Waals surface area (Å²) >= 11 is 0. The van der Waals surface area contributed by atoms with E-state index in [0.29, 0.717) is 18.9 Å². The first-order valence-electron chi connectivity index (χ1n) is 7.33. The van der Waals surface area contributed by atoms with Crippen LogP contribution in [0.25, 0.3) is 0 Å². The van der Waals surface area contributed by atoms with Crippen LogP contribution in [0, 0.1) is 29.3 Å². The summed E-state index contributed by atoms with van der Waals surface area (Å²) in [6, 6.07) is 1.53. The van der Waals surface area contributed by atoms with Crippen molar-refractivity contribution >= 4 is 23.4 Å². The first-order valence-corrected chi connectivity index (χ1v) is 7.33. The molecule has 126 valence electrons. The Morgan fingerprint density at radius 1 is 1.04 bits per heavy atom. The van der Waals surface area contributed by atoms with Crippen molar-refractivity contribution in [3.63, 3.8) is 0 Å². The van der Waals surface area contributed by atoms with Gasteiger partial charge in [0.15, 0.2) is 17.5 Å². The Morgan fingerprint density at radius 2 is 1.62 bits per heavy atom. The predicted molar refractivity (Wildman–Crippen MR) is 77.0 cm³/mol. The number of carbonyl (C=O) groups excluding carboxylic acids is 3. The van der Waals surface area contributed by atoms with Gasteiger partial charge in [-0.1, -0.05) is 12.2 Å². The molecular formula is C16H13F3N2O3. The van der Waals surface area contributed by atoms with Crippen molar-refractivity contribution in [3.8, 4) is 0 Å². The highest BCUT2D eigenvalue weighted by Crippen LogP contribution is 2.34. The number of imide groups is 1. The molecule has 2 atom stereocenters. The van der Waals surface area contributed by atoms with Crippen LogP contribution in [0.15, 0.2) is 24.3 Å². The third kappa shape index (κ3) is 2.68. The molecule has 1 aliphatic heterocycles. The summed E-state index contributed by atoms with van der Waals surface area (Å²) in [5.41, 5.74) is -0.558. The Morgan fingerprint density at radius 3 is 2.21 bits per heavy atom. The summed E-state index contributed by atoms with van der Waals surface area (Å²) in [4.78, 5) is 37.2. The van der Waals surface area contributed by atoms with E-state index in [1.54, 1.807) is 0 Å². The molecule has 3 rings (SSSR count). The molecule has 1 aromatic rings. The second-order valence-corrected chi connectivity index (χ2v) is 5.69. The van der Waals surface area contributed by atoms with Gasteiger partial charge in [0.2, 0.25) is 17.7 Å². The fourth-order valence-electron chi connectivity index (χ4n) is 2.98. The number of carbonyl (C=O) groups is 3. The Labute approximate surface area is 135 Å². The van der Waals surface area contributed by atoms with Gasteiger partial charge in [0.05, 0.1) is 17.5 Å². The summed E-state index contributed by atoms with van der Waals surface area (Å²) < 4.78 is 39.6. The van der Waals surface area contributed by atoms with E-state index in [0.717, 1.165) is 11.0 Å². The van der Waals surface area contributed by atoms with Crippen molar-refractivity contribution in [1.29, 1.82) is 0 Å². The molecule has 2 aliphatic rings. The van der Waals surface area contributed by atoms with Crippen LogP contribution in [-0.4, -0.2) is 29.2 Å². The molecule has 8 heteroatoms. The van der Waals surface area contributed by atoms with Crippen molar-refractivity contribution in [2.75, 3.05) is 11.9 Å². The number of halogens is 3. The average molecular weight is 338 g/mol. The maximum absolute atomic E-state index is 13.5. The zero-order valence-electron chi connectivity index (χ0n) is 12.4. The summed E-state index contributed by atoms with van der Waals surface area (Å²) in [6.07, 6.45) is 4.50. The Hall–Kier alpha value is -2.64. The molecule has 0 radical (unpaired) electrons. The van der Waals surface area contributed by atoms with Crippen LogP contribution in [-0.2, 0) is 14.4 Å². The molecule has 0 spiro atoms. The van der Waals surface area contributed by atoms with Gasteiger partial charge in [0.25, 0.3) is 0 Å². The third-order valence-electron chi connectivity index (χ3n) is 4.21. The molecular weight excluding hydrogens is 325 g/mol. The van der Waals surface area contributed by atoms with Crippen LogP contribution in [0.4, 0.5) is 18.9 Å². The number of hydrogen-bond donors (Lipinski definition) is 1. The van der Waals surface area contributed by atoms with Crippen LogP contribution < -0.4 is 5.32 Å². The van der Waals surface area contributed by atoms with E-state index in [2.05, 4.69) is 0 Å². The van der Waals surface area contributed by atoms with Gasteiger partial charge in [-0.3, -0.25) is 19.3 Å². The Balaban J connectivity index is 1.71. The smallest absolute Gasteiger partial charge is 0.244 e.